The first kappa shape index (κ1) is 31.5. The van der Waals surface area contributed by atoms with Crippen LogP contribution in [0.4, 0.5) is 27.4 Å². The number of carbonyl (C=O) groups is 1. The topological polar surface area (TPSA) is 133 Å². The van der Waals surface area contributed by atoms with E-state index in [0.717, 1.165) is 57.1 Å². The second-order valence-corrected chi connectivity index (χ2v) is 13.3. The van der Waals surface area contributed by atoms with E-state index in [0.29, 0.717) is 58.7 Å². The molecule has 0 radical (unpaired) electrons. The van der Waals surface area contributed by atoms with E-state index in [1.165, 1.54) is 9.47 Å². The van der Waals surface area contributed by atoms with Gasteiger partial charge in [0.25, 0.3) is 11.5 Å². The number of aliphatic hydroxyl groups excluding tert-OH is 1. The van der Waals surface area contributed by atoms with Crippen LogP contribution in [-0.4, -0.2) is 86.7 Å². The Morgan fingerprint density at radius 3 is 2.69 bits per heavy atom. The number of nitrogens with zero attached hydrogens (tertiary/aromatic N) is 7. The number of nitrogens with one attached hydrogen (secondary N) is 2. The molecule has 2 saturated heterocycles. The van der Waals surface area contributed by atoms with E-state index in [4.69, 9.17) is 4.74 Å². The molecule has 0 unspecified atom stereocenters. The molecule has 0 saturated carbocycles. The molecular formula is C35H40FN9O4. The van der Waals surface area contributed by atoms with Crippen molar-refractivity contribution in [2.75, 3.05) is 60.1 Å². The summed E-state index contributed by atoms with van der Waals surface area (Å²) in [7, 11) is 1.65. The number of pyridine rings is 3. The van der Waals surface area contributed by atoms with Gasteiger partial charge in [-0.3, -0.25) is 24.1 Å². The fourth-order valence-electron chi connectivity index (χ4n) is 7.62. The summed E-state index contributed by atoms with van der Waals surface area (Å²) in [5.41, 5.74) is 7.21. The van der Waals surface area contributed by atoms with Crippen LogP contribution in [0.15, 0.2) is 47.7 Å². The molecule has 256 valence electrons. The first-order valence-corrected chi connectivity index (χ1v) is 16.9. The van der Waals surface area contributed by atoms with Crippen LogP contribution in [0.3, 0.4) is 0 Å². The van der Waals surface area contributed by atoms with Crippen LogP contribution in [0.5, 0.6) is 0 Å². The Morgan fingerprint density at radius 1 is 1.12 bits per heavy atom. The van der Waals surface area contributed by atoms with E-state index in [2.05, 4.69) is 37.4 Å². The molecule has 3 aliphatic heterocycles. The van der Waals surface area contributed by atoms with Crippen LogP contribution in [0.25, 0.3) is 11.1 Å². The van der Waals surface area contributed by atoms with Crippen molar-refractivity contribution in [2.24, 2.45) is 7.05 Å². The van der Waals surface area contributed by atoms with E-state index in [1.807, 2.05) is 18.3 Å². The zero-order valence-corrected chi connectivity index (χ0v) is 27.7. The van der Waals surface area contributed by atoms with Crippen molar-refractivity contribution in [3.63, 3.8) is 0 Å². The molecule has 3 N–H and O–H groups in total. The lowest BCUT2D eigenvalue weighted by Gasteiger charge is -2.46. The van der Waals surface area contributed by atoms with Gasteiger partial charge in [0.15, 0.2) is 11.5 Å². The van der Waals surface area contributed by atoms with Crippen molar-refractivity contribution in [1.29, 1.82) is 0 Å². The molecule has 7 heterocycles. The largest absolute Gasteiger partial charge is 0.392 e. The summed E-state index contributed by atoms with van der Waals surface area (Å²) in [4.78, 5) is 42.3. The smallest absolute Gasteiger partial charge is 0.282 e. The Balaban J connectivity index is 1.05. The molecule has 0 bridgehead atoms. The van der Waals surface area contributed by atoms with Crippen molar-refractivity contribution in [3.8, 4) is 11.1 Å². The first-order chi connectivity index (χ1) is 23.8. The number of fused-ring (bicyclic) bond motifs is 3. The summed E-state index contributed by atoms with van der Waals surface area (Å²) in [6, 6.07) is 8.17. The lowest BCUT2D eigenvalue weighted by Crippen LogP contribution is -2.59. The highest BCUT2D eigenvalue weighted by Gasteiger charge is 2.37. The number of amides is 1. The van der Waals surface area contributed by atoms with Gasteiger partial charge < -0.3 is 30.1 Å². The Hall–Kier alpha value is -4.79. The number of anilines is 4. The Morgan fingerprint density at radius 2 is 1.96 bits per heavy atom. The summed E-state index contributed by atoms with van der Waals surface area (Å²) < 4.78 is 24.0. The zero-order chi connectivity index (χ0) is 33.8. The summed E-state index contributed by atoms with van der Waals surface area (Å²) in [5, 5.41) is 13.8. The summed E-state index contributed by atoms with van der Waals surface area (Å²) >= 11 is 0. The summed E-state index contributed by atoms with van der Waals surface area (Å²) in [6.07, 6.45) is 8.18. The summed E-state index contributed by atoms with van der Waals surface area (Å²) in [5.74, 6) is -0.275. The van der Waals surface area contributed by atoms with Crippen LogP contribution >= 0.6 is 0 Å². The average Bonchev–Trinajstić information content (AvgIpc) is 3.38. The number of piperazine rings is 1. The number of aliphatic hydroxyl groups is 1. The zero-order valence-electron chi connectivity index (χ0n) is 27.7. The highest BCUT2D eigenvalue weighted by atomic mass is 19.1. The number of halogens is 1. The predicted molar refractivity (Wildman–Crippen MR) is 183 cm³/mol. The van der Waals surface area contributed by atoms with Crippen molar-refractivity contribution < 1.29 is 19.0 Å². The van der Waals surface area contributed by atoms with E-state index in [1.54, 1.807) is 36.3 Å². The lowest BCUT2D eigenvalue weighted by atomic mass is 9.98. The van der Waals surface area contributed by atoms with Crippen molar-refractivity contribution >= 4 is 28.9 Å². The number of aryl methyl sites for hydroxylation is 1. The molecule has 1 aliphatic carbocycles. The molecule has 1 atom stereocenters. The van der Waals surface area contributed by atoms with Gasteiger partial charge in [0.05, 0.1) is 37.7 Å². The van der Waals surface area contributed by atoms with Gasteiger partial charge >= 0.3 is 0 Å². The van der Waals surface area contributed by atoms with Gasteiger partial charge in [-0.25, -0.2) is 14.4 Å². The van der Waals surface area contributed by atoms with Crippen LogP contribution in [0.2, 0.25) is 0 Å². The van der Waals surface area contributed by atoms with Gasteiger partial charge in [-0.1, -0.05) is 0 Å². The maximum absolute atomic E-state index is 15.5. The predicted octanol–water partition coefficient (Wildman–Crippen LogP) is 2.97. The van der Waals surface area contributed by atoms with E-state index >= 15 is 4.39 Å². The molecule has 2 fully saturated rings. The molecule has 4 aromatic rings. The van der Waals surface area contributed by atoms with Gasteiger partial charge in [-0.2, -0.15) is 0 Å². The van der Waals surface area contributed by atoms with Crippen LogP contribution in [0, 0.1) is 5.82 Å². The SMILES string of the molecule is C[C@H]1CN(C2COC2)CCN1c1ccc(Nc2cc(-c3ccnc(N4CNn5c6c(c(F)c5C4=O)CCCC6)c3CO)cn(C)c2=O)nc1. The molecular weight excluding hydrogens is 629 g/mol. The van der Waals surface area contributed by atoms with Gasteiger partial charge in [0.2, 0.25) is 0 Å². The number of rotatable bonds is 7. The number of carbonyl (C=O) groups excluding carboxylic acids is 1. The van der Waals surface area contributed by atoms with Gasteiger partial charge in [-0.05, 0) is 62.4 Å². The van der Waals surface area contributed by atoms with Gasteiger partial charge in [0, 0.05) is 67.5 Å². The minimum absolute atomic E-state index is 0.0400. The average molecular weight is 670 g/mol. The third-order valence-electron chi connectivity index (χ3n) is 10.3. The van der Waals surface area contributed by atoms with E-state index in [9.17, 15) is 14.7 Å². The molecule has 13 nitrogen and oxygen atoms in total. The third-order valence-corrected chi connectivity index (χ3v) is 10.3. The minimum atomic E-state index is -0.522. The van der Waals surface area contributed by atoms with E-state index in [-0.39, 0.29) is 23.7 Å². The quantitative estimate of drug-likeness (QED) is 0.270. The Bertz CT molecular complexity index is 1970. The molecule has 8 rings (SSSR count). The maximum atomic E-state index is 15.5. The lowest BCUT2D eigenvalue weighted by molar-refractivity contribution is -0.0691. The van der Waals surface area contributed by atoms with Crippen LogP contribution < -0.4 is 26.1 Å². The standard InChI is InChI=1S/C35H40FN9O4/c1-21-15-42(24-18-49-19-24)11-12-43(21)23-7-8-30(38-14-23)40-28-13-22(16-41(2)34(28)47)25-9-10-37-33(27(25)17-46)44-20-39-45-29-6-4-3-5-26(29)31(36)32(45)35(44)48/h7-10,13-14,16,21,24,39,46H,3-6,11-12,15,17-20H2,1-2H3,(H,38,40)/t21-/m0/s1. The summed E-state index contributed by atoms with van der Waals surface area (Å²) in [6.45, 7) is 6.32. The fraction of sp³-hybridized carbons (Fsp3) is 0.429. The molecule has 4 aromatic heterocycles. The number of hydrogen-bond acceptors (Lipinski definition) is 10. The second kappa shape index (κ2) is 12.6. The normalized spacial score (nSPS) is 19.7. The Labute approximate surface area is 282 Å². The monoisotopic (exact) mass is 669 g/mol. The molecule has 0 spiro atoms. The van der Waals surface area contributed by atoms with Crippen LogP contribution in [-0.2, 0) is 31.2 Å². The Kier molecular flexibility index (Phi) is 8.08. The minimum Gasteiger partial charge on any atom is -0.392 e. The van der Waals surface area contributed by atoms with Crippen LogP contribution in [0.1, 0.15) is 47.1 Å². The fourth-order valence-corrected chi connectivity index (χ4v) is 7.62. The van der Waals surface area contributed by atoms with Gasteiger partial charge in [-0.15, -0.1) is 0 Å². The number of ether oxygens (including phenoxy) is 1. The van der Waals surface area contributed by atoms with E-state index < -0.39 is 18.3 Å². The second-order valence-electron chi connectivity index (χ2n) is 13.3. The third kappa shape index (κ3) is 5.43. The number of hydrogen-bond donors (Lipinski definition) is 3. The maximum Gasteiger partial charge on any atom is 0.282 e. The number of aromatic nitrogens is 4. The van der Waals surface area contributed by atoms with Crippen molar-refractivity contribution in [2.45, 2.75) is 51.3 Å². The molecule has 4 aliphatic rings. The highest BCUT2D eigenvalue weighted by molar-refractivity contribution is 6.07. The molecule has 1 amide bonds. The van der Waals surface area contributed by atoms with Crippen molar-refractivity contribution in [1.82, 2.24) is 24.1 Å². The highest BCUT2D eigenvalue weighted by Crippen LogP contribution is 2.35. The van der Waals surface area contributed by atoms with Gasteiger partial charge in [0.1, 0.15) is 24.0 Å². The molecule has 49 heavy (non-hydrogen) atoms. The van der Waals surface area contributed by atoms with Crippen molar-refractivity contribution in [3.05, 3.63) is 81.5 Å². The first-order valence-electron chi connectivity index (χ1n) is 16.9. The molecule has 14 heteroatoms. The molecule has 0 aromatic carbocycles.